The van der Waals surface area contributed by atoms with Crippen LogP contribution in [0.15, 0.2) is 120 Å². The fourth-order valence-electron chi connectivity index (χ4n) is 4.69. The molecule has 0 saturated carbocycles. The van der Waals surface area contributed by atoms with Gasteiger partial charge in [0, 0.05) is 28.2 Å². The number of ketones is 2. The van der Waals surface area contributed by atoms with E-state index in [1.165, 1.54) is 0 Å². The molecule has 0 saturated heterocycles. The molecule has 64 heavy (non-hydrogen) atoms. The summed E-state index contributed by atoms with van der Waals surface area (Å²) in [7, 11) is -9.29. The quantitative estimate of drug-likeness (QED) is 0.0202. The number of hydrogen-bond acceptors (Lipinski definition) is 19. The van der Waals surface area contributed by atoms with E-state index in [-0.39, 0.29) is 141 Å². The number of azo groups is 2. The first-order valence-electron chi connectivity index (χ1n) is 16.3. The van der Waals surface area contributed by atoms with Crippen molar-refractivity contribution in [2.24, 2.45) is 25.4 Å². The number of amidine groups is 1. The Kier molecular flexibility index (Phi) is 25.0. The fraction of sp³-hybridized carbons (Fsp3) is 0.114. The van der Waals surface area contributed by atoms with E-state index in [0.717, 1.165) is 98.8 Å². The van der Waals surface area contributed by atoms with Crippen LogP contribution in [0.3, 0.4) is 0 Å². The van der Waals surface area contributed by atoms with Gasteiger partial charge in [0.15, 0.2) is 11.6 Å². The predicted molar refractivity (Wildman–Crippen MR) is 198 cm³/mol. The number of amides is 2. The molecule has 0 fully saturated rings. The number of aliphatic imine (C=N–C) groups is 1. The third-order valence-electron chi connectivity index (χ3n) is 7.56. The SMILES string of the molecule is CC(=O)C(N=Nc1ccc(N=C([O-])Nc2ccc(N=NC(C(C)=O)C(=O)Nc3ccc(S(=O)(=O)O)cc3)c(C(=O)[O-])c2)cc1C(=O)[O-])C(=O)Nc1ccc(S(=O)(=O)[O-])cc1.[Na+].[Na+].[Na+].[Na+]. The molecule has 0 bridgehead atoms. The normalized spacial score (nSPS) is 12.2. The van der Waals surface area contributed by atoms with Crippen molar-refractivity contribution in [3.63, 3.8) is 0 Å². The molecule has 29 heteroatoms. The molecule has 312 valence electrons. The Hall–Kier alpha value is -3.61. The summed E-state index contributed by atoms with van der Waals surface area (Å²) in [6, 6.07) is 9.41. The van der Waals surface area contributed by atoms with Gasteiger partial charge in [0.2, 0.25) is 12.1 Å². The molecule has 0 aromatic heterocycles. The number of anilines is 3. The fourth-order valence-corrected chi connectivity index (χ4v) is 5.64. The van der Waals surface area contributed by atoms with Crippen LogP contribution < -0.4 is 149 Å². The van der Waals surface area contributed by atoms with Crippen LogP contribution in [0.25, 0.3) is 0 Å². The molecule has 4 rings (SSSR count). The van der Waals surface area contributed by atoms with E-state index >= 15 is 0 Å². The minimum absolute atomic E-state index is 0. The molecule has 0 heterocycles. The minimum Gasteiger partial charge on any atom is -0.846 e. The van der Waals surface area contributed by atoms with Gasteiger partial charge in [0.25, 0.3) is 21.9 Å². The number of carboxylic acids is 2. The zero-order valence-corrected chi connectivity index (χ0v) is 44.1. The third kappa shape index (κ3) is 17.6. The van der Waals surface area contributed by atoms with Gasteiger partial charge in [-0.1, -0.05) is 0 Å². The van der Waals surface area contributed by atoms with E-state index in [1.54, 1.807) is 0 Å². The molecule has 23 nitrogen and oxygen atoms in total. The first-order valence-corrected chi connectivity index (χ1v) is 19.2. The van der Waals surface area contributed by atoms with Gasteiger partial charge >= 0.3 is 118 Å². The number of benzene rings is 4. The van der Waals surface area contributed by atoms with Crippen molar-refractivity contribution in [3.05, 3.63) is 96.1 Å². The largest absolute Gasteiger partial charge is 1.00 e. The molecule has 0 radical (unpaired) electrons. The maximum absolute atomic E-state index is 12.7. The summed E-state index contributed by atoms with van der Waals surface area (Å²) in [5.74, 6) is -7.38. The number of carbonyl (C=O) groups excluding carboxylic acids is 6. The molecule has 0 aliphatic carbocycles. The van der Waals surface area contributed by atoms with Crippen LogP contribution in [-0.4, -0.2) is 79.4 Å². The zero-order chi connectivity index (χ0) is 44.5. The third-order valence-corrected chi connectivity index (χ3v) is 9.27. The molecule has 0 spiro atoms. The molecule has 4 aromatic carbocycles. The number of carbonyl (C=O) groups is 6. The summed E-state index contributed by atoms with van der Waals surface area (Å²) >= 11 is 0. The summed E-state index contributed by atoms with van der Waals surface area (Å²) in [5.41, 5.74) is -2.68. The van der Waals surface area contributed by atoms with Crippen LogP contribution in [0.5, 0.6) is 0 Å². The molecule has 2 atom stereocenters. The van der Waals surface area contributed by atoms with Crippen molar-refractivity contribution < 1.29 is 188 Å². The van der Waals surface area contributed by atoms with Crippen molar-refractivity contribution in [2.45, 2.75) is 35.7 Å². The van der Waals surface area contributed by atoms with Gasteiger partial charge in [-0.05, 0) is 98.8 Å². The number of Topliss-reactive ketones (excluding diaryl/α,β-unsaturated/α-hetero) is 2. The van der Waals surface area contributed by atoms with E-state index < -0.39 is 106 Å². The van der Waals surface area contributed by atoms with Gasteiger partial charge in [0.1, 0.15) is 10.1 Å². The Morgan fingerprint density at radius 2 is 0.953 bits per heavy atom. The van der Waals surface area contributed by atoms with Crippen molar-refractivity contribution in [1.29, 1.82) is 0 Å². The van der Waals surface area contributed by atoms with Crippen LogP contribution in [-0.2, 0) is 39.4 Å². The standard InChI is InChI=1S/C35H30N8O15S2.4Na/c1-17(44)29(31(46)36-19-3-9-23(10-4-19)59(53,54)55)42-40-27-13-7-21(15-25(27)33(48)49)38-35(52)39-22-8-14-28(26(16-22)34(50)51)41-43-30(18(2)45)32(47)37-20-5-11-24(12-6-20)60(56,57)58;;;;/h3-16,29-30H,1-2H3,(H,36,46)(H,37,47)(H,48,49)(H,50,51)(H2,38,39,52)(H,53,54,55)(H,56,57,58);;;;/q;4*+1/p-4. The summed E-state index contributed by atoms with van der Waals surface area (Å²) in [6.07, 6.45) is 0. The van der Waals surface area contributed by atoms with E-state index in [0.29, 0.717) is 0 Å². The van der Waals surface area contributed by atoms with Crippen LogP contribution in [0, 0.1) is 0 Å². The zero-order valence-electron chi connectivity index (χ0n) is 34.5. The number of nitrogens with zero attached hydrogens (tertiary/aromatic N) is 5. The van der Waals surface area contributed by atoms with Crippen molar-refractivity contribution in [1.82, 2.24) is 0 Å². The van der Waals surface area contributed by atoms with Crippen molar-refractivity contribution in [2.75, 3.05) is 16.0 Å². The van der Waals surface area contributed by atoms with Crippen LogP contribution in [0.4, 0.5) is 34.1 Å². The summed E-state index contributed by atoms with van der Waals surface area (Å²) in [4.78, 5) is 76.3. The number of rotatable bonds is 16. The van der Waals surface area contributed by atoms with Crippen LogP contribution in [0.2, 0.25) is 0 Å². The Morgan fingerprint density at radius 3 is 1.34 bits per heavy atom. The minimum atomic E-state index is -4.77. The maximum Gasteiger partial charge on any atom is 1.00 e. The smallest absolute Gasteiger partial charge is 0.846 e. The van der Waals surface area contributed by atoms with E-state index in [4.69, 9.17) is 4.55 Å². The Morgan fingerprint density at radius 1 is 0.562 bits per heavy atom. The summed E-state index contributed by atoms with van der Waals surface area (Å²) in [6.45, 7) is 1.98. The van der Waals surface area contributed by atoms with Gasteiger partial charge in [-0.3, -0.25) is 23.7 Å². The molecule has 0 aliphatic rings. The van der Waals surface area contributed by atoms with E-state index in [9.17, 15) is 65.5 Å². The second kappa shape index (κ2) is 26.5. The Balaban J connectivity index is 0.00000992. The van der Waals surface area contributed by atoms with E-state index in [1.807, 2.05) is 0 Å². The first kappa shape index (κ1) is 60.4. The van der Waals surface area contributed by atoms with Gasteiger partial charge in [0.05, 0.1) is 44.8 Å². The average molecular weight is 955 g/mol. The molecule has 4 aromatic rings. The molecule has 0 aliphatic heterocycles. The molecule has 4 N–H and O–H groups in total. The molecular formula is C35H26N8Na4O15S2. The molecule has 2 unspecified atom stereocenters. The first-order chi connectivity index (χ1) is 28.0. The summed E-state index contributed by atoms with van der Waals surface area (Å²) < 4.78 is 65.0. The van der Waals surface area contributed by atoms with Gasteiger partial charge in [-0.15, -0.1) is 0 Å². The number of carboxylic acid groups (broad SMARTS) is 2. The van der Waals surface area contributed by atoms with Crippen molar-refractivity contribution in [3.8, 4) is 0 Å². The number of aromatic carboxylic acids is 2. The van der Waals surface area contributed by atoms with Crippen LogP contribution >= 0.6 is 0 Å². The Labute approximate surface area is 451 Å². The monoisotopic (exact) mass is 954 g/mol. The maximum atomic E-state index is 12.7. The summed E-state index contributed by atoms with van der Waals surface area (Å²) in [5, 5.41) is 58.0. The average Bonchev–Trinajstić information content (AvgIpc) is 3.15. The Bertz CT molecular complexity index is 2720. The van der Waals surface area contributed by atoms with Gasteiger partial charge in [-0.25, -0.2) is 13.4 Å². The molecule has 2 amide bonds. The second-order valence-electron chi connectivity index (χ2n) is 12.0. The number of nitrogens with one attached hydrogen (secondary N) is 3. The second-order valence-corrected chi connectivity index (χ2v) is 14.8. The van der Waals surface area contributed by atoms with Crippen LogP contribution in [0.1, 0.15) is 34.6 Å². The van der Waals surface area contributed by atoms with Gasteiger partial charge in [-0.2, -0.15) is 28.9 Å². The van der Waals surface area contributed by atoms with Crippen molar-refractivity contribution >= 4 is 95.7 Å². The topological polar surface area (TPSA) is 381 Å². The number of hydrogen-bond donors (Lipinski definition) is 4. The molecular weight excluding hydrogens is 929 g/mol. The predicted octanol–water partition coefficient (Wildman–Crippen LogP) is -11.6. The van der Waals surface area contributed by atoms with Gasteiger partial charge < -0.3 is 45.4 Å². The van der Waals surface area contributed by atoms with E-state index in [2.05, 4.69) is 41.4 Å².